The summed E-state index contributed by atoms with van der Waals surface area (Å²) in [5.41, 5.74) is 0.926. The fraction of sp³-hybridized carbons (Fsp3) is 0.632. The van der Waals surface area contributed by atoms with E-state index in [9.17, 15) is 9.90 Å². The zero-order valence-corrected chi connectivity index (χ0v) is 15.8. The minimum atomic E-state index is -0.947. The van der Waals surface area contributed by atoms with E-state index in [2.05, 4.69) is 21.2 Å². The third-order valence-electron chi connectivity index (χ3n) is 5.86. The number of anilines is 1. The SMILES string of the molecule is O=C(O)C1(Nc2ccc(Br)c(COC3CC4CC4C3)c2)CCOCC1. The van der Waals surface area contributed by atoms with Crippen LogP contribution in [-0.2, 0) is 20.9 Å². The van der Waals surface area contributed by atoms with Crippen molar-refractivity contribution in [3.8, 4) is 0 Å². The molecular formula is C19H24BrNO4. The fourth-order valence-corrected chi connectivity index (χ4v) is 4.52. The highest BCUT2D eigenvalue weighted by Crippen LogP contribution is 2.52. The number of hydrogen-bond acceptors (Lipinski definition) is 4. The predicted octanol–water partition coefficient (Wildman–Crippen LogP) is 3.81. The number of aliphatic carboxylic acids is 1. The van der Waals surface area contributed by atoms with Crippen molar-refractivity contribution in [3.05, 3.63) is 28.2 Å². The summed E-state index contributed by atoms with van der Waals surface area (Å²) in [5, 5.41) is 12.9. The number of ether oxygens (including phenoxy) is 2. The maximum absolute atomic E-state index is 11.8. The lowest BCUT2D eigenvalue weighted by atomic mass is 9.89. The third kappa shape index (κ3) is 3.71. The highest BCUT2D eigenvalue weighted by atomic mass is 79.9. The molecule has 1 aromatic carbocycles. The molecule has 0 radical (unpaired) electrons. The summed E-state index contributed by atoms with van der Waals surface area (Å²) in [6.45, 7) is 1.50. The molecular weight excluding hydrogens is 386 g/mol. The second-order valence-corrected chi connectivity index (χ2v) is 8.45. The average molecular weight is 410 g/mol. The summed E-state index contributed by atoms with van der Waals surface area (Å²) >= 11 is 3.58. The van der Waals surface area contributed by atoms with Crippen molar-refractivity contribution in [1.29, 1.82) is 0 Å². The highest BCUT2D eigenvalue weighted by Gasteiger charge is 2.46. The maximum atomic E-state index is 11.8. The van der Waals surface area contributed by atoms with Crippen LogP contribution in [0, 0.1) is 11.8 Å². The molecule has 5 nitrogen and oxygen atoms in total. The molecule has 4 rings (SSSR count). The number of nitrogens with one attached hydrogen (secondary N) is 1. The second-order valence-electron chi connectivity index (χ2n) is 7.59. The van der Waals surface area contributed by atoms with Gasteiger partial charge in [-0.05, 0) is 54.9 Å². The van der Waals surface area contributed by atoms with Gasteiger partial charge in [0.25, 0.3) is 0 Å². The lowest BCUT2D eigenvalue weighted by Gasteiger charge is -2.35. The van der Waals surface area contributed by atoms with Gasteiger partial charge in [0, 0.05) is 36.2 Å². The Morgan fingerprint density at radius 1 is 1.28 bits per heavy atom. The molecule has 1 saturated heterocycles. The van der Waals surface area contributed by atoms with Gasteiger partial charge in [-0.3, -0.25) is 0 Å². The Balaban J connectivity index is 1.43. The van der Waals surface area contributed by atoms with Crippen LogP contribution in [0.25, 0.3) is 0 Å². The van der Waals surface area contributed by atoms with Crippen LogP contribution in [0.1, 0.15) is 37.7 Å². The van der Waals surface area contributed by atoms with E-state index < -0.39 is 11.5 Å². The van der Waals surface area contributed by atoms with Crippen molar-refractivity contribution in [2.75, 3.05) is 18.5 Å². The number of carboxylic acid groups (broad SMARTS) is 1. The van der Waals surface area contributed by atoms with Crippen LogP contribution in [0.2, 0.25) is 0 Å². The summed E-state index contributed by atoms with van der Waals surface area (Å²) in [6, 6.07) is 5.88. The molecule has 1 heterocycles. The quantitative estimate of drug-likeness (QED) is 0.747. The van der Waals surface area contributed by atoms with E-state index in [4.69, 9.17) is 9.47 Å². The molecule has 2 saturated carbocycles. The minimum absolute atomic E-state index is 0.383. The number of hydrogen-bond donors (Lipinski definition) is 2. The lowest BCUT2D eigenvalue weighted by Crippen LogP contribution is -2.50. The summed E-state index contributed by atoms with van der Waals surface area (Å²) in [4.78, 5) is 11.8. The molecule has 3 aliphatic rings. The van der Waals surface area contributed by atoms with Gasteiger partial charge in [-0.25, -0.2) is 4.79 Å². The molecule has 0 aromatic heterocycles. The standard InChI is InChI=1S/C19H24BrNO4/c20-17-2-1-15(21-19(18(22)23)3-5-24-6-4-19)8-14(17)11-25-16-9-12-7-13(12)10-16/h1-2,8,12-13,16,21H,3-7,9-11H2,(H,22,23). The van der Waals surface area contributed by atoms with Crippen molar-refractivity contribution >= 4 is 27.6 Å². The molecule has 6 heteroatoms. The first-order chi connectivity index (χ1) is 12.1. The Morgan fingerprint density at radius 2 is 2.00 bits per heavy atom. The molecule has 25 heavy (non-hydrogen) atoms. The highest BCUT2D eigenvalue weighted by molar-refractivity contribution is 9.10. The van der Waals surface area contributed by atoms with Crippen LogP contribution in [-0.4, -0.2) is 35.9 Å². The first-order valence-corrected chi connectivity index (χ1v) is 9.84. The molecule has 2 N–H and O–H groups in total. The molecule has 0 amide bonds. The molecule has 2 aliphatic carbocycles. The Kier molecular flexibility index (Phi) is 4.77. The van der Waals surface area contributed by atoms with E-state index in [1.54, 1.807) is 0 Å². The van der Waals surface area contributed by atoms with Gasteiger partial charge in [0.1, 0.15) is 5.54 Å². The van der Waals surface area contributed by atoms with Gasteiger partial charge in [0.2, 0.25) is 0 Å². The number of rotatable bonds is 6. The minimum Gasteiger partial charge on any atom is -0.480 e. The van der Waals surface area contributed by atoms with Crippen LogP contribution < -0.4 is 5.32 Å². The van der Waals surface area contributed by atoms with Crippen molar-refractivity contribution in [2.45, 2.75) is 50.4 Å². The van der Waals surface area contributed by atoms with Crippen LogP contribution in [0.15, 0.2) is 22.7 Å². The number of halogens is 1. The van der Waals surface area contributed by atoms with Gasteiger partial charge in [-0.15, -0.1) is 0 Å². The zero-order valence-electron chi connectivity index (χ0n) is 14.2. The van der Waals surface area contributed by atoms with E-state index in [1.807, 2.05) is 18.2 Å². The fourth-order valence-electron chi connectivity index (χ4n) is 4.15. The van der Waals surface area contributed by atoms with Gasteiger partial charge >= 0.3 is 5.97 Å². The van der Waals surface area contributed by atoms with E-state index in [1.165, 1.54) is 19.3 Å². The molecule has 1 aliphatic heterocycles. The van der Waals surface area contributed by atoms with Crippen LogP contribution in [0.5, 0.6) is 0 Å². The van der Waals surface area contributed by atoms with Crippen LogP contribution in [0.4, 0.5) is 5.69 Å². The van der Waals surface area contributed by atoms with Crippen molar-refractivity contribution in [1.82, 2.24) is 0 Å². The second kappa shape index (κ2) is 6.89. The smallest absolute Gasteiger partial charge is 0.329 e. The van der Waals surface area contributed by atoms with E-state index >= 15 is 0 Å². The summed E-state index contributed by atoms with van der Waals surface area (Å²) in [6.07, 6.45) is 5.10. The largest absolute Gasteiger partial charge is 0.480 e. The van der Waals surface area contributed by atoms with E-state index in [0.717, 1.165) is 27.6 Å². The maximum Gasteiger partial charge on any atom is 0.329 e. The van der Waals surface area contributed by atoms with E-state index in [0.29, 0.717) is 38.8 Å². The Labute approximate surface area is 156 Å². The van der Waals surface area contributed by atoms with Gasteiger partial charge in [-0.1, -0.05) is 15.9 Å². The van der Waals surface area contributed by atoms with Gasteiger partial charge in [0.15, 0.2) is 0 Å². The summed E-state index contributed by atoms with van der Waals surface area (Å²) in [7, 11) is 0. The Hall–Kier alpha value is -1.11. The molecule has 0 spiro atoms. The lowest BCUT2D eigenvalue weighted by molar-refractivity contribution is -0.145. The van der Waals surface area contributed by atoms with Crippen LogP contribution in [0.3, 0.4) is 0 Å². The van der Waals surface area contributed by atoms with Crippen molar-refractivity contribution < 1.29 is 19.4 Å². The number of carboxylic acids is 1. The van der Waals surface area contributed by atoms with Gasteiger partial charge in [-0.2, -0.15) is 0 Å². The van der Waals surface area contributed by atoms with Crippen molar-refractivity contribution in [3.63, 3.8) is 0 Å². The first kappa shape index (κ1) is 17.3. The molecule has 2 atom stereocenters. The van der Waals surface area contributed by atoms with Gasteiger partial charge < -0.3 is 19.9 Å². The molecule has 3 fully saturated rings. The summed E-state index contributed by atoms with van der Waals surface area (Å²) in [5.74, 6) is 0.998. The summed E-state index contributed by atoms with van der Waals surface area (Å²) < 4.78 is 12.4. The van der Waals surface area contributed by atoms with Crippen LogP contribution >= 0.6 is 15.9 Å². The Morgan fingerprint density at radius 3 is 2.68 bits per heavy atom. The molecule has 2 unspecified atom stereocenters. The first-order valence-electron chi connectivity index (χ1n) is 9.05. The molecule has 136 valence electrons. The predicted molar refractivity (Wildman–Crippen MR) is 97.6 cm³/mol. The normalized spacial score (nSPS) is 29.9. The number of benzene rings is 1. The zero-order chi connectivity index (χ0) is 17.4. The molecule has 1 aromatic rings. The molecule has 0 bridgehead atoms. The average Bonchev–Trinajstić information content (AvgIpc) is 3.22. The monoisotopic (exact) mass is 409 g/mol. The Bertz CT molecular complexity index is 649. The van der Waals surface area contributed by atoms with Gasteiger partial charge in [0.05, 0.1) is 12.7 Å². The third-order valence-corrected chi connectivity index (χ3v) is 6.63. The topological polar surface area (TPSA) is 67.8 Å². The van der Waals surface area contributed by atoms with Crippen molar-refractivity contribution in [2.24, 2.45) is 11.8 Å². The number of fused-ring (bicyclic) bond motifs is 1. The number of carbonyl (C=O) groups is 1. The van der Waals surface area contributed by atoms with E-state index in [-0.39, 0.29) is 0 Å².